The Hall–Kier alpha value is -2.66. The van der Waals surface area contributed by atoms with Gasteiger partial charge in [0.15, 0.2) is 5.78 Å². The maximum absolute atomic E-state index is 12.7. The summed E-state index contributed by atoms with van der Waals surface area (Å²) in [6.45, 7) is 0.268. The second-order valence-electron chi connectivity index (χ2n) is 5.48. The molecule has 2 heterocycles. The molecule has 0 saturated heterocycles. The number of para-hydroxylation sites is 1. The number of carbonyl (C=O) groups excluding carboxylic acids is 1. The third kappa shape index (κ3) is 2.78. The van der Waals surface area contributed by atoms with E-state index in [9.17, 15) is 4.79 Å². The average molecular weight is 381 g/mol. The van der Waals surface area contributed by atoms with E-state index in [4.69, 9.17) is 4.74 Å². The molecule has 118 valence electrons. The predicted octanol–water partition coefficient (Wildman–Crippen LogP) is 4.29. The van der Waals surface area contributed by atoms with Crippen molar-refractivity contribution in [3.8, 4) is 11.4 Å². The summed E-state index contributed by atoms with van der Waals surface area (Å²) in [6, 6.07) is 15.3. The van der Waals surface area contributed by atoms with Gasteiger partial charge in [-0.15, -0.1) is 0 Å². The van der Waals surface area contributed by atoms with Gasteiger partial charge in [-0.1, -0.05) is 34.1 Å². The van der Waals surface area contributed by atoms with Crippen molar-refractivity contribution in [2.75, 3.05) is 6.61 Å². The molecule has 4 rings (SSSR count). The number of carbonyl (C=O) groups is 1. The number of Topliss-reactive ketones (excluding diaryl/α,β-unsaturated/α-hetero) is 1. The van der Waals surface area contributed by atoms with Gasteiger partial charge in [-0.05, 0) is 36.4 Å². The summed E-state index contributed by atoms with van der Waals surface area (Å²) in [6.07, 6.45) is 5.47. The van der Waals surface area contributed by atoms with E-state index < -0.39 is 0 Å². The van der Waals surface area contributed by atoms with Crippen LogP contribution in [-0.2, 0) is 0 Å². The normalized spacial score (nSPS) is 15.2. The molecule has 0 spiro atoms. The molecular weight excluding hydrogens is 368 g/mol. The van der Waals surface area contributed by atoms with Crippen LogP contribution >= 0.6 is 15.9 Å². The zero-order valence-electron chi connectivity index (χ0n) is 12.6. The number of nitrogens with zero attached hydrogens (tertiary/aromatic N) is 2. The first kappa shape index (κ1) is 14.9. The highest BCUT2D eigenvalue weighted by atomic mass is 79.9. The van der Waals surface area contributed by atoms with Crippen LogP contribution in [0.2, 0.25) is 0 Å². The van der Waals surface area contributed by atoms with E-state index in [1.165, 1.54) is 0 Å². The van der Waals surface area contributed by atoms with Crippen LogP contribution in [0.3, 0.4) is 0 Å². The Bertz CT molecular complexity index is 945. The van der Waals surface area contributed by atoms with Crippen molar-refractivity contribution < 1.29 is 9.53 Å². The van der Waals surface area contributed by atoms with Crippen LogP contribution in [0.4, 0.5) is 0 Å². The molecule has 4 nitrogen and oxygen atoms in total. The van der Waals surface area contributed by atoms with Crippen molar-refractivity contribution in [3.63, 3.8) is 0 Å². The monoisotopic (exact) mass is 380 g/mol. The van der Waals surface area contributed by atoms with Crippen LogP contribution in [0.5, 0.6) is 5.75 Å². The fourth-order valence-electron chi connectivity index (χ4n) is 2.64. The summed E-state index contributed by atoms with van der Waals surface area (Å²) in [5.74, 6) is 0.616. The molecule has 0 radical (unpaired) electrons. The van der Waals surface area contributed by atoms with Gasteiger partial charge < -0.3 is 4.74 Å². The predicted molar refractivity (Wildman–Crippen MR) is 95.5 cm³/mol. The summed E-state index contributed by atoms with van der Waals surface area (Å²) < 4.78 is 8.33. The van der Waals surface area contributed by atoms with Gasteiger partial charge in [0.2, 0.25) is 0 Å². The first-order valence-electron chi connectivity index (χ1n) is 7.48. The van der Waals surface area contributed by atoms with Crippen LogP contribution in [0.1, 0.15) is 15.9 Å². The van der Waals surface area contributed by atoms with Gasteiger partial charge in [-0.3, -0.25) is 4.79 Å². The number of halogens is 1. The van der Waals surface area contributed by atoms with Gasteiger partial charge in [0.25, 0.3) is 0 Å². The number of rotatable bonds is 2. The van der Waals surface area contributed by atoms with Gasteiger partial charge in [-0.2, -0.15) is 5.10 Å². The van der Waals surface area contributed by atoms with Crippen LogP contribution in [0.25, 0.3) is 11.8 Å². The largest absolute Gasteiger partial charge is 0.488 e. The molecule has 1 aliphatic rings. The van der Waals surface area contributed by atoms with Crippen LogP contribution in [0.15, 0.2) is 71.0 Å². The minimum absolute atomic E-state index is 0.00925. The molecule has 3 aromatic rings. The van der Waals surface area contributed by atoms with Crippen molar-refractivity contribution >= 4 is 27.8 Å². The molecule has 0 aliphatic carbocycles. The third-order valence-corrected chi connectivity index (χ3v) is 4.32. The second-order valence-corrected chi connectivity index (χ2v) is 6.40. The molecule has 0 atom stereocenters. The Morgan fingerprint density at radius 1 is 1.17 bits per heavy atom. The molecule has 1 aromatic heterocycles. The van der Waals surface area contributed by atoms with Crippen molar-refractivity contribution in [2.24, 2.45) is 0 Å². The van der Waals surface area contributed by atoms with Crippen LogP contribution in [-0.4, -0.2) is 22.2 Å². The Balaban J connectivity index is 1.65. The number of ketones is 1. The zero-order valence-corrected chi connectivity index (χ0v) is 14.2. The number of ether oxygens (including phenoxy) is 1. The van der Waals surface area contributed by atoms with Crippen molar-refractivity contribution in [1.29, 1.82) is 0 Å². The Morgan fingerprint density at radius 2 is 2.00 bits per heavy atom. The quantitative estimate of drug-likeness (QED) is 0.622. The van der Waals surface area contributed by atoms with Gasteiger partial charge in [-0.25, -0.2) is 4.68 Å². The third-order valence-electron chi connectivity index (χ3n) is 3.83. The second kappa shape index (κ2) is 6.09. The molecule has 0 saturated carbocycles. The molecule has 5 heteroatoms. The lowest BCUT2D eigenvalue weighted by Crippen LogP contribution is -2.18. The standard InChI is InChI=1S/C19H13BrN2O2/c20-15-6-7-18-17(9-15)19(23)14(12-24-18)8-13-10-21-22(11-13)16-4-2-1-3-5-16/h1-11H,12H2/b14-8+. The van der Waals surface area contributed by atoms with Crippen LogP contribution < -0.4 is 4.74 Å². The summed E-state index contributed by atoms with van der Waals surface area (Å²) in [5, 5.41) is 4.35. The number of benzene rings is 2. The van der Waals surface area contributed by atoms with E-state index >= 15 is 0 Å². The average Bonchev–Trinajstić information content (AvgIpc) is 3.07. The SMILES string of the molecule is O=C1/C(=C/c2cnn(-c3ccccc3)c2)COc2ccc(Br)cc21. The van der Waals surface area contributed by atoms with E-state index in [1.807, 2.05) is 54.7 Å². The maximum atomic E-state index is 12.7. The van der Waals surface area contributed by atoms with E-state index in [0.717, 1.165) is 15.7 Å². The van der Waals surface area contributed by atoms with E-state index in [1.54, 1.807) is 16.9 Å². The van der Waals surface area contributed by atoms with E-state index in [-0.39, 0.29) is 12.4 Å². The van der Waals surface area contributed by atoms with E-state index in [2.05, 4.69) is 21.0 Å². The lowest BCUT2D eigenvalue weighted by Gasteiger charge is -2.18. The zero-order chi connectivity index (χ0) is 16.5. The molecule has 0 amide bonds. The topological polar surface area (TPSA) is 44.1 Å². The molecule has 0 unspecified atom stereocenters. The van der Waals surface area contributed by atoms with Crippen molar-refractivity contribution in [2.45, 2.75) is 0 Å². The highest BCUT2D eigenvalue weighted by Crippen LogP contribution is 2.30. The van der Waals surface area contributed by atoms with Gasteiger partial charge in [0, 0.05) is 21.8 Å². The molecule has 1 aliphatic heterocycles. The highest BCUT2D eigenvalue weighted by Gasteiger charge is 2.23. The minimum Gasteiger partial charge on any atom is -0.488 e. The molecular formula is C19H13BrN2O2. The van der Waals surface area contributed by atoms with E-state index in [0.29, 0.717) is 16.9 Å². The van der Waals surface area contributed by atoms with Gasteiger partial charge in [0.1, 0.15) is 12.4 Å². The molecule has 24 heavy (non-hydrogen) atoms. The van der Waals surface area contributed by atoms with Crippen molar-refractivity contribution in [3.05, 3.63) is 82.1 Å². The fourth-order valence-corrected chi connectivity index (χ4v) is 3.00. The molecule has 0 N–H and O–H groups in total. The number of hydrogen-bond acceptors (Lipinski definition) is 3. The number of fused-ring (bicyclic) bond motifs is 1. The summed E-state index contributed by atoms with van der Waals surface area (Å²) in [7, 11) is 0. The molecule has 0 fully saturated rings. The summed E-state index contributed by atoms with van der Waals surface area (Å²) in [4.78, 5) is 12.7. The highest BCUT2D eigenvalue weighted by molar-refractivity contribution is 9.10. The Kier molecular flexibility index (Phi) is 3.78. The fraction of sp³-hybridized carbons (Fsp3) is 0.0526. The first-order valence-corrected chi connectivity index (χ1v) is 8.28. The lowest BCUT2D eigenvalue weighted by molar-refractivity contribution is 0.100. The van der Waals surface area contributed by atoms with Crippen LogP contribution in [0, 0.1) is 0 Å². The summed E-state index contributed by atoms with van der Waals surface area (Å²) >= 11 is 3.39. The smallest absolute Gasteiger partial charge is 0.196 e. The number of aromatic nitrogens is 2. The van der Waals surface area contributed by atoms with Gasteiger partial charge in [0.05, 0.1) is 17.4 Å². The van der Waals surface area contributed by atoms with Crippen molar-refractivity contribution in [1.82, 2.24) is 9.78 Å². The van der Waals surface area contributed by atoms with Gasteiger partial charge >= 0.3 is 0 Å². The molecule has 0 bridgehead atoms. The first-order chi connectivity index (χ1) is 11.7. The summed E-state index contributed by atoms with van der Waals surface area (Å²) in [5.41, 5.74) is 3.04. The lowest BCUT2D eigenvalue weighted by atomic mass is 9.99. The Morgan fingerprint density at radius 3 is 2.83 bits per heavy atom. The number of hydrogen-bond donors (Lipinski definition) is 0. The Labute approximate surface area is 147 Å². The molecule has 2 aromatic carbocycles. The minimum atomic E-state index is -0.00925. The maximum Gasteiger partial charge on any atom is 0.196 e.